The first-order valence-electron chi connectivity index (χ1n) is 4.95. The first-order chi connectivity index (χ1) is 6.83. The van der Waals surface area contributed by atoms with Crippen molar-refractivity contribution in [3.05, 3.63) is 41.7 Å². The van der Waals surface area contributed by atoms with E-state index in [2.05, 4.69) is 18.3 Å². The lowest BCUT2D eigenvalue weighted by molar-refractivity contribution is 0.627. The molecule has 76 valence electrons. The molecule has 0 atom stereocenters. The highest BCUT2D eigenvalue weighted by Gasteiger charge is 1.89. The Morgan fingerprint density at radius 2 is 2.29 bits per heavy atom. The average molecular weight is 193 g/mol. The summed E-state index contributed by atoms with van der Waals surface area (Å²) in [6.45, 7) is 4.05. The van der Waals surface area contributed by atoms with Crippen LogP contribution >= 0.6 is 0 Å². The van der Waals surface area contributed by atoms with Gasteiger partial charge in [0.15, 0.2) is 0 Å². The van der Waals surface area contributed by atoms with E-state index in [4.69, 9.17) is 0 Å². The van der Waals surface area contributed by atoms with E-state index in [1.165, 1.54) is 12.1 Å². The van der Waals surface area contributed by atoms with Crippen LogP contribution in [0.25, 0.3) is 6.08 Å². The third-order valence-corrected chi connectivity index (χ3v) is 1.90. The summed E-state index contributed by atoms with van der Waals surface area (Å²) >= 11 is 0. The first-order valence-corrected chi connectivity index (χ1v) is 4.95. The molecule has 1 N–H and O–H groups in total. The van der Waals surface area contributed by atoms with Crippen molar-refractivity contribution in [3.63, 3.8) is 0 Å². The average Bonchev–Trinajstić information content (AvgIpc) is 2.18. The predicted octanol–water partition coefficient (Wildman–Crippen LogP) is 2.84. The van der Waals surface area contributed by atoms with Gasteiger partial charge in [0.2, 0.25) is 0 Å². The minimum atomic E-state index is -0.182. The monoisotopic (exact) mass is 193 g/mol. The quantitative estimate of drug-likeness (QED) is 0.709. The van der Waals surface area contributed by atoms with Gasteiger partial charge in [-0.15, -0.1) is 0 Å². The van der Waals surface area contributed by atoms with Crippen LogP contribution in [-0.4, -0.2) is 13.1 Å². The van der Waals surface area contributed by atoms with Crippen molar-refractivity contribution >= 4 is 6.08 Å². The SMILES string of the molecule is CCNCCC=Cc1cccc(F)c1. The van der Waals surface area contributed by atoms with Crippen molar-refractivity contribution in [2.75, 3.05) is 13.1 Å². The van der Waals surface area contributed by atoms with Crippen LogP contribution in [0.1, 0.15) is 18.9 Å². The van der Waals surface area contributed by atoms with E-state index in [0.717, 1.165) is 25.1 Å². The van der Waals surface area contributed by atoms with Gasteiger partial charge in [0, 0.05) is 0 Å². The van der Waals surface area contributed by atoms with Gasteiger partial charge in [0.1, 0.15) is 5.82 Å². The molecule has 0 unspecified atom stereocenters. The number of hydrogen-bond donors (Lipinski definition) is 1. The van der Waals surface area contributed by atoms with Crippen LogP contribution < -0.4 is 5.32 Å². The minimum Gasteiger partial charge on any atom is -0.317 e. The third kappa shape index (κ3) is 4.19. The van der Waals surface area contributed by atoms with E-state index < -0.39 is 0 Å². The lowest BCUT2D eigenvalue weighted by Gasteiger charge is -1.96. The van der Waals surface area contributed by atoms with Gasteiger partial charge < -0.3 is 5.32 Å². The van der Waals surface area contributed by atoms with Crippen LogP contribution in [0.4, 0.5) is 4.39 Å². The maximum atomic E-state index is 12.8. The molecule has 0 heterocycles. The molecule has 0 saturated heterocycles. The second-order valence-corrected chi connectivity index (χ2v) is 3.10. The Labute approximate surface area is 84.6 Å². The van der Waals surface area contributed by atoms with Crippen molar-refractivity contribution in [2.45, 2.75) is 13.3 Å². The molecular formula is C12H16FN. The molecule has 0 radical (unpaired) electrons. The van der Waals surface area contributed by atoms with Crippen LogP contribution in [0.5, 0.6) is 0 Å². The number of hydrogen-bond acceptors (Lipinski definition) is 1. The predicted molar refractivity (Wildman–Crippen MR) is 58.6 cm³/mol. The van der Waals surface area contributed by atoms with Crippen molar-refractivity contribution in [3.8, 4) is 0 Å². The zero-order chi connectivity index (χ0) is 10.2. The molecule has 1 rings (SSSR count). The molecule has 0 aliphatic heterocycles. The molecule has 14 heavy (non-hydrogen) atoms. The van der Waals surface area contributed by atoms with Crippen molar-refractivity contribution in [2.24, 2.45) is 0 Å². The van der Waals surface area contributed by atoms with Gasteiger partial charge in [-0.3, -0.25) is 0 Å². The van der Waals surface area contributed by atoms with Crippen molar-refractivity contribution in [1.29, 1.82) is 0 Å². The fourth-order valence-corrected chi connectivity index (χ4v) is 1.19. The zero-order valence-corrected chi connectivity index (χ0v) is 8.46. The van der Waals surface area contributed by atoms with Crippen LogP contribution in [-0.2, 0) is 0 Å². The topological polar surface area (TPSA) is 12.0 Å². The Morgan fingerprint density at radius 1 is 1.43 bits per heavy atom. The van der Waals surface area contributed by atoms with E-state index in [-0.39, 0.29) is 5.82 Å². The standard InChI is InChI=1S/C12H16FN/c1-2-14-9-4-3-6-11-7-5-8-12(13)10-11/h3,5-8,10,14H,2,4,9H2,1H3. The molecule has 2 heteroatoms. The zero-order valence-electron chi connectivity index (χ0n) is 8.46. The maximum absolute atomic E-state index is 12.8. The molecule has 1 aromatic rings. The maximum Gasteiger partial charge on any atom is 0.123 e. The Hall–Kier alpha value is -1.15. The Kier molecular flexibility index (Phi) is 4.94. The van der Waals surface area contributed by atoms with E-state index in [1.807, 2.05) is 12.1 Å². The third-order valence-electron chi connectivity index (χ3n) is 1.90. The summed E-state index contributed by atoms with van der Waals surface area (Å²) in [6.07, 6.45) is 4.97. The summed E-state index contributed by atoms with van der Waals surface area (Å²) in [6, 6.07) is 6.60. The molecule has 0 amide bonds. The van der Waals surface area contributed by atoms with Gasteiger partial charge in [0.05, 0.1) is 0 Å². The Bertz CT molecular complexity index is 294. The second-order valence-electron chi connectivity index (χ2n) is 3.10. The molecule has 0 spiro atoms. The summed E-state index contributed by atoms with van der Waals surface area (Å²) in [4.78, 5) is 0. The van der Waals surface area contributed by atoms with Crippen LogP contribution in [0.3, 0.4) is 0 Å². The minimum absolute atomic E-state index is 0.182. The van der Waals surface area contributed by atoms with E-state index in [1.54, 1.807) is 6.07 Å². The molecular weight excluding hydrogens is 177 g/mol. The number of benzene rings is 1. The fraction of sp³-hybridized carbons (Fsp3) is 0.333. The molecule has 0 aliphatic rings. The summed E-state index contributed by atoms with van der Waals surface area (Å²) < 4.78 is 12.8. The van der Waals surface area contributed by atoms with Gasteiger partial charge in [-0.1, -0.05) is 31.2 Å². The smallest absolute Gasteiger partial charge is 0.123 e. The highest BCUT2D eigenvalue weighted by molar-refractivity contribution is 5.48. The summed E-state index contributed by atoms with van der Waals surface area (Å²) in [7, 11) is 0. The largest absolute Gasteiger partial charge is 0.317 e. The number of nitrogens with one attached hydrogen (secondary N) is 1. The molecule has 0 saturated carbocycles. The van der Waals surface area contributed by atoms with Gasteiger partial charge >= 0.3 is 0 Å². The van der Waals surface area contributed by atoms with Gasteiger partial charge in [-0.05, 0) is 37.2 Å². The van der Waals surface area contributed by atoms with E-state index >= 15 is 0 Å². The summed E-state index contributed by atoms with van der Waals surface area (Å²) in [5.74, 6) is -0.182. The molecule has 0 fully saturated rings. The van der Waals surface area contributed by atoms with E-state index in [0.29, 0.717) is 0 Å². The highest BCUT2D eigenvalue weighted by Crippen LogP contribution is 2.05. The lowest BCUT2D eigenvalue weighted by atomic mass is 10.2. The fourth-order valence-electron chi connectivity index (χ4n) is 1.19. The summed E-state index contributed by atoms with van der Waals surface area (Å²) in [5, 5.41) is 3.22. The van der Waals surface area contributed by atoms with Crippen molar-refractivity contribution < 1.29 is 4.39 Å². The van der Waals surface area contributed by atoms with Gasteiger partial charge in [0.25, 0.3) is 0 Å². The molecule has 0 aliphatic carbocycles. The first kappa shape index (κ1) is 10.9. The highest BCUT2D eigenvalue weighted by atomic mass is 19.1. The normalized spacial score (nSPS) is 11.0. The lowest BCUT2D eigenvalue weighted by Crippen LogP contribution is -2.12. The number of rotatable bonds is 5. The number of halogens is 1. The van der Waals surface area contributed by atoms with Crippen LogP contribution in [0, 0.1) is 5.82 Å². The van der Waals surface area contributed by atoms with Gasteiger partial charge in [-0.25, -0.2) is 4.39 Å². The second kappa shape index (κ2) is 6.33. The molecule has 1 aromatic carbocycles. The van der Waals surface area contributed by atoms with Crippen molar-refractivity contribution in [1.82, 2.24) is 5.32 Å². The van der Waals surface area contributed by atoms with Gasteiger partial charge in [-0.2, -0.15) is 0 Å². The van der Waals surface area contributed by atoms with Crippen LogP contribution in [0.15, 0.2) is 30.3 Å². The Morgan fingerprint density at radius 3 is 3.00 bits per heavy atom. The molecule has 0 aromatic heterocycles. The summed E-state index contributed by atoms with van der Waals surface area (Å²) in [5.41, 5.74) is 0.918. The van der Waals surface area contributed by atoms with Crippen LogP contribution in [0.2, 0.25) is 0 Å². The Balaban J connectivity index is 2.36. The molecule has 0 bridgehead atoms. The van der Waals surface area contributed by atoms with E-state index in [9.17, 15) is 4.39 Å². The molecule has 1 nitrogen and oxygen atoms in total.